The van der Waals surface area contributed by atoms with Crippen molar-refractivity contribution in [3.8, 4) is 0 Å². The van der Waals surface area contributed by atoms with Crippen LogP contribution in [0, 0.1) is 0 Å². The minimum atomic E-state index is -4.01. The number of halogens is 1. The van der Waals surface area contributed by atoms with Crippen LogP contribution in [0.3, 0.4) is 0 Å². The van der Waals surface area contributed by atoms with Crippen molar-refractivity contribution < 1.29 is 24.3 Å². The molecule has 0 bridgehead atoms. The number of nitrogens with two attached hydrogens (primary N) is 1. The largest absolute Gasteiger partial charge is 0.480 e. The predicted molar refractivity (Wildman–Crippen MR) is 73.6 cm³/mol. The lowest BCUT2D eigenvalue weighted by Gasteiger charge is -2.09. The molecule has 0 spiro atoms. The van der Waals surface area contributed by atoms with Crippen molar-refractivity contribution in [1.82, 2.24) is 0 Å². The Morgan fingerprint density at radius 3 is 2.42 bits per heavy atom. The van der Waals surface area contributed by atoms with E-state index >= 15 is 0 Å². The monoisotopic (exact) mass is 309 g/mol. The van der Waals surface area contributed by atoms with Gasteiger partial charge in [-0.1, -0.05) is 24.3 Å². The van der Waals surface area contributed by atoms with Crippen LogP contribution in [-0.4, -0.2) is 33.1 Å². The highest BCUT2D eigenvalue weighted by Gasteiger charge is 2.14. The first-order valence-electron chi connectivity index (χ1n) is 5.39. The molecular weight excluding hydrogens is 293 g/mol. The Labute approximate surface area is 117 Å². The van der Waals surface area contributed by atoms with E-state index < -0.39 is 19.6 Å². The molecule has 8 heteroatoms. The SMILES string of the molecule is Cl.NC(Cc1cccc(CCP(=O)(O)O)c1)C(=O)O. The fourth-order valence-electron chi connectivity index (χ4n) is 1.53. The fourth-order valence-corrected chi connectivity index (χ4v) is 2.08. The van der Waals surface area contributed by atoms with Crippen molar-refractivity contribution in [1.29, 1.82) is 0 Å². The minimum Gasteiger partial charge on any atom is -0.480 e. The minimum absolute atomic E-state index is 0. The maximum atomic E-state index is 10.8. The molecule has 0 aliphatic carbocycles. The highest BCUT2D eigenvalue weighted by atomic mass is 35.5. The summed E-state index contributed by atoms with van der Waals surface area (Å²) in [5.74, 6) is -1.07. The predicted octanol–water partition coefficient (Wildman–Crippen LogP) is 0.783. The number of hydrogen-bond acceptors (Lipinski definition) is 3. The van der Waals surface area contributed by atoms with E-state index in [1.54, 1.807) is 24.3 Å². The summed E-state index contributed by atoms with van der Waals surface area (Å²) < 4.78 is 10.8. The van der Waals surface area contributed by atoms with Crippen LogP contribution in [-0.2, 0) is 22.2 Å². The standard InChI is InChI=1S/C11H16NO5P.ClH/c12-10(11(13)14)7-9-3-1-2-8(6-9)4-5-18(15,16)17;/h1-3,6,10H,4-5,7,12H2,(H,13,14)(H2,15,16,17);1H. The molecule has 0 aromatic heterocycles. The van der Waals surface area contributed by atoms with E-state index in [4.69, 9.17) is 20.6 Å². The van der Waals surface area contributed by atoms with Gasteiger partial charge in [-0.05, 0) is 24.0 Å². The van der Waals surface area contributed by atoms with Crippen LogP contribution in [0.25, 0.3) is 0 Å². The third-order valence-electron chi connectivity index (χ3n) is 2.46. The number of aliphatic carboxylic acids is 1. The van der Waals surface area contributed by atoms with E-state index in [0.717, 1.165) is 11.1 Å². The lowest BCUT2D eigenvalue weighted by molar-refractivity contribution is -0.138. The molecule has 1 rings (SSSR count). The number of carbonyl (C=O) groups is 1. The molecule has 5 N–H and O–H groups in total. The zero-order valence-electron chi connectivity index (χ0n) is 10.1. The van der Waals surface area contributed by atoms with Gasteiger partial charge in [0.25, 0.3) is 0 Å². The van der Waals surface area contributed by atoms with Gasteiger partial charge < -0.3 is 20.6 Å². The van der Waals surface area contributed by atoms with Crippen LogP contribution in [0.4, 0.5) is 0 Å². The number of benzene rings is 1. The smallest absolute Gasteiger partial charge is 0.325 e. The highest BCUT2D eigenvalue weighted by molar-refractivity contribution is 7.51. The Hall–Kier alpha value is -0.910. The van der Waals surface area contributed by atoms with Gasteiger partial charge in [0.1, 0.15) is 6.04 Å². The van der Waals surface area contributed by atoms with Gasteiger partial charge in [-0.15, -0.1) is 12.4 Å². The Morgan fingerprint density at radius 2 is 1.89 bits per heavy atom. The molecular formula is C11H17ClNO5P. The van der Waals surface area contributed by atoms with Gasteiger partial charge in [0, 0.05) is 0 Å². The summed E-state index contributed by atoms with van der Waals surface area (Å²) in [4.78, 5) is 28.2. The van der Waals surface area contributed by atoms with Crippen LogP contribution >= 0.6 is 20.0 Å². The van der Waals surface area contributed by atoms with Gasteiger partial charge in [0.15, 0.2) is 0 Å². The molecule has 0 aliphatic heterocycles. The van der Waals surface area contributed by atoms with Crippen LogP contribution < -0.4 is 5.73 Å². The van der Waals surface area contributed by atoms with E-state index in [1.165, 1.54) is 0 Å². The molecule has 0 radical (unpaired) electrons. The third-order valence-corrected chi connectivity index (χ3v) is 3.26. The molecule has 108 valence electrons. The molecule has 0 heterocycles. The number of rotatable bonds is 6. The first-order chi connectivity index (χ1) is 8.28. The van der Waals surface area contributed by atoms with Crippen LogP contribution in [0.2, 0.25) is 0 Å². The first-order valence-corrected chi connectivity index (χ1v) is 7.18. The summed E-state index contributed by atoms with van der Waals surface area (Å²) in [6, 6.07) is 5.95. The molecule has 19 heavy (non-hydrogen) atoms. The number of carboxylic acids is 1. The van der Waals surface area contributed by atoms with E-state index in [0.29, 0.717) is 0 Å². The normalized spacial score (nSPS) is 12.6. The lowest BCUT2D eigenvalue weighted by atomic mass is 10.0. The molecule has 1 unspecified atom stereocenters. The van der Waals surface area contributed by atoms with Crippen LogP contribution in [0.5, 0.6) is 0 Å². The Balaban J connectivity index is 0.00000324. The zero-order chi connectivity index (χ0) is 13.8. The first kappa shape index (κ1) is 18.1. The summed E-state index contributed by atoms with van der Waals surface area (Å²) in [6.07, 6.45) is 0.223. The van der Waals surface area contributed by atoms with Gasteiger partial charge in [-0.3, -0.25) is 9.36 Å². The van der Waals surface area contributed by atoms with Crippen molar-refractivity contribution >= 4 is 26.0 Å². The number of aryl methyl sites for hydroxylation is 1. The van der Waals surface area contributed by atoms with Crippen molar-refractivity contribution in [2.24, 2.45) is 5.73 Å². The zero-order valence-corrected chi connectivity index (χ0v) is 11.8. The van der Waals surface area contributed by atoms with E-state index in [2.05, 4.69) is 0 Å². The maximum absolute atomic E-state index is 10.8. The molecule has 0 fully saturated rings. The van der Waals surface area contributed by atoms with E-state index in [1.807, 2.05) is 0 Å². The van der Waals surface area contributed by atoms with Crippen molar-refractivity contribution in [3.05, 3.63) is 35.4 Å². The second-order valence-electron chi connectivity index (χ2n) is 4.11. The molecule has 0 saturated heterocycles. The van der Waals surface area contributed by atoms with Gasteiger partial charge >= 0.3 is 13.6 Å². The quantitative estimate of drug-likeness (QED) is 0.576. The summed E-state index contributed by atoms with van der Waals surface area (Å²) >= 11 is 0. The Morgan fingerprint density at radius 1 is 1.32 bits per heavy atom. The van der Waals surface area contributed by atoms with Gasteiger partial charge in [-0.2, -0.15) is 0 Å². The average molecular weight is 310 g/mol. The summed E-state index contributed by atoms with van der Waals surface area (Å²) in [6.45, 7) is 0. The molecule has 0 amide bonds. The molecule has 0 saturated carbocycles. The van der Waals surface area contributed by atoms with Crippen molar-refractivity contribution in [2.45, 2.75) is 18.9 Å². The topological polar surface area (TPSA) is 121 Å². The lowest BCUT2D eigenvalue weighted by Crippen LogP contribution is -2.32. The van der Waals surface area contributed by atoms with Crippen molar-refractivity contribution in [2.75, 3.05) is 6.16 Å². The van der Waals surface area contributed by atoms with Crippen LogP contribution in [0.1, 0.15) is 11.1 Å². The number of carboxylic acid groups (broad SMARTS) is 1. The fraction of sp³-hybridized carbons (Fsp3) is 0.364. The van der Waals surface area contributed by atoms with Crippen molar-refractivity contribution in [3.63, 3.8) is 0 Å². The number of hydrogen-bond donors (Lipinski definition) is 4. The highest BCUT2D eigenvalue weighted by Crippen LogP contribution is 2.34. The second-order valence-corrected chi connectivity index (χ2v) is 5.88. The average Bonchev–Trinajstić information content (AvgIpc) is 2.26. The molecule has 1 aromatic rings. The van der Waals surface area contributed by atoms with Crippen LogP contribution in [0.15, 0.2) is 24.3 Å². The Kier molecular flexibility index (Phi) is 7.26. The van der Waals surface area contributed by atoms with E-state index in [9.17, 15) is 9.36 Å². The molecule has 6 nitrogen and oxygen atoms in total. The third kappa shape index (κ3) is 7.30. The second kappa shape index (κ2) is 7.62. The summed E-state index contributed by atoms with van der Waals surface area (Å²) in [5, 5.41) is 8.69. The van der Waals surface area contributed by atoms with E-state index in [-0.39, 0.29) is 31.4 Å². The summed E-state index contributed by atoms with van der Waals surface area (Å²) in [7, 11) is -4.01. The maximum Gasteiger partial charge on any atom is 0.325 e. The summed E-state index contributed by atoms with van der Waals surface area (Å²) in [5.41, 5.74) is 6.92. The van der Waals surface area contributed by atoms with Gasteiger partial charge in [-0.25, -0.2) is 0 Å². The molecule has 0 aliphatic rings. The van der Waals surface area contributed by atoms with Gasteiger partial charge in [0.2, 0.25) is 0 Å². The molecule has 1 atom stereocenters. The van der Waals surface area contributed by atoms with Gasteiger partial charge in [0.05, 0.1) is 6.16 Å². The molecule has 1 aromatic carbocycles. The Bertz CT molecular complexity index is 476.